The fraction of sp³-hybridized carbons (Fsp3) is 0.714. The van der Waals surface area contributed by atoms with Gasteiger partial charge >= 0.3 is 0 Å². The molecule has 1 aromatic rings. The molecule has 2 heterocycles. The summed E-state index contributed by atoms with van der Waals surface area (Å²) in [5.41, 5.74) is 0. The minimum Gasteiger partial charge on any atom is -0.343 e. The highest BCUT2D eigenvalue weighted by Crippen LogP contribution is 2.19. The normalized spacial score (nSPS) is 22.8. The van der Waals surface area contributed by atoms with Crippen LogP contribution in [0.15, 0.2) is 4.52 Å². The maximum atomic E-state index is 12.5. The van der Waals surface area contributed by atoms with E-state index >= 15 is 0 Å². The molecule has 7 heteroatoms. The number of amides is 2. The fourth-order valence-electron chi connectivity index (χ4n) is 2.65. The maximum Gasteiger partial charge on any atom is 0.245 e. The van der Waals surface area contributed by atoms with Crippen LogP contribution in [0.2, 0.25) is 0 Å². The van der Waals surface area contributed by atoms with Gasteiger partial charge in [-0.15, -0.1) is 0 Å². The standard InChI is InChI=1S/C14H22N4O3/c1-5-10-14(20)18(12(8(2)3)13(19)16-10)7-6-11-15-9(4)21-17-11/h8,10,12H,5-7H2,1-4H3,(H,16,19). The van der Waals surface area contributed by atoms with Gasteiger partial charge < -0.3 is 14.7 Å². The van der Waals surface area contributed by atoms with Gasteiger partial charge in [-0.3, -0.25) is 9.59 Å². The van der Waals surface area contributed by atoms with E-state index in [4.69, 9.17) is 4.52 Å². The molecule has 1 aliphatic heterocycles. The summed E-state index contributed by atoms with van der Waals surface area (Å²) in [6.45, 7) is 7.91. The molecule has 2 unspecified atom stereocenters. The van der Waals surface area contributed by atoms with Crippen LogP contribution in [0.1, 0.15) is 38.9 Å². The number of aryl methyl sites for hydroxylation is 1. The fourth-order valence-corrected chi connectivity index (χ4v) is 2.65. The van der Waals surface area contributed by atoms with Crippen molar-refractivity contribution in [2.24, 2.45) is 5.92 Å². The van der Waals surface area contributed by atoms with Crippen molar-refractivity contribution in [2.75, 3.05) is 6.54 Å². The minimum atomic E-state index is -0.437. The van der Waals surface area contributed by atoms with Crippen LogP contribution in [0.4, 0.5) is 0 Å². The van der Waals surface area contributed by atoms with E-state index in [0.29, 0.717) is 31.1 Å². The molecular weight excluding hydrogens is 272 g/mol. The molecule has 1 N–H and O–H groups in total. The smallest absolute Gasteiger partial charge is 0.245 e. The Morgan fingerprint density at radius 2 is 2.10 bits per heavy atom. The van der Waals surface area contributed by atoms with Crippen molar-refractivity contribution in [2.45, 2.75) is 52.6 Å². The number of piperazine rings is 1. The molecule has 0 radical (unpaired) electrons. The van der Waals surface area contributed by atoms with Gasteiger partial charge in [-0.2, -0.15) is 4.98 Å². The Balaban J connectivity index is 2.13. The van der Waals surface area contributed by atoms with E-state index in [0.717, 1.165) is 0 Å². The second-order valence-corrected chi connectivity index (χ2v) is 5.67. The number of hydrogen-bond donors (Lipinski definition) is 1. The van der Waals surface area contributed by atoms with Crippen LogP contribution in [0.3, 0.4) is 0 Å². The first-order valence-corrected chi connectivity index (χ1v) is 7.34. The molecule has 1 fully saturated rings. The number of nitrogens with one attached hydrogen (secondary N) is 1. The van der Waals surface area contributed by atoms with Crippen LogP contribution in [0.25, 0.3) is 0 Å². The Morgan fingerprint density at radius 3 is 2.62 bits per heavy atom. The average Bonchev–Trinajstić information content (AvgIpc) is 2.84. The SMILES string of the molecule is CCC1NC(=O)C(C(C)C)N(CCc2noc(C)n2)C1=O. The van der Waals surface area contributed by atoms with Crippen molar-refractivity contribution in [1.82, 2.24) is 20.4 Å². The number of nitrogens with zero attached hydrogens (tertiary/aromatic N) is 3. The minimum absolute atomic E-state index is 0.0315. The van der Waals surface area contributed by atoms with Gasteiger partial charge in [0, 0.05) is 19.9 Å². The molecule has 116 valence electrons. The Kier molecular flexibility index (Phi) is 4.59. The zero-order valence-electron chi connectivity index (χ0n) is 12.9. The summed E-state index contributed by atoms with van der Waals surface area (Å²) in [7, 11) is 0. The topological polar surface area (TPSA) is 88.3 Å². The Bertz CT molecular complexity index is 526. The van der Waals surface area contributed by atoms with Gasteiger partial charge in [-0.1, -0.05) is 25.9 Å². The summed E-state index contributed by atoms with van der Waals surface area (Å²) >= 11 is 0. The summed E-state index contributed by atoms with van der Waals surface area (Å²) in [5, 5.41) is 6.63. The van der Waals surface area contributed by atoms with E-state index in [-0.39, 0.29) is 17.7 Å². The lowest BCUT2D eigenvalue weighted by atomic mass is 9.96. The van der Waals surface area contributed by atoms with E-state index < -0.39 is 12.1 Å². The number of carbonyl (C=O) groups excluding carboxylic acids is 2. The first-order chi connectivity index (χ1) is 9.93. The molecule has 0 spiro atoms. The highest BCUT2D eigenvalue weighted by Gasteiger charge is 2.40. The molecule has 2 rings (SSSR count). The third-order valence-corrected chi connectivity index (χ3v) is 3.69. The monoisotopic (exact) mass is 294 g/mol. The van der Waals surface area contributed by atoms with Crippen LogP contribution in [-0.2, 0) is 16.0 Å². The van der Waals surface area contributed by atoms with Crippen LogP contribution in [0.5, 0.6) is 0 Å². The van der Waals surface area contributed by atoms with E-state index in [2.05, 4.69) is 15.5 Å². The molecule has 2 atom stereocenters. The lowest BCUT2D eigenvalue weighted by Gasteiger charge is -2.40. The van der Waals surface area contributed by atoms with Crippen LogP contribution in [-0.4, -0.2) is 45.5 Å². The Labute approximate surface area is 124 Å². The van der Waals surface area contributed by atoms with Crippen molar-refractivity contribution < 1.29 is 14.1 Å². The maximum absolute atomic E-state index is 12.5. The highest BCUT2D eigenvalue weighted by molar-refractivity contribution is 5.97. The third kappa shape index (κ3) is 3.22. The van der Waals surface area contributed by atoms with Gasteiger partial charge in [-0.25, -0.2) is 0 Å². The molecule has 0 bridgehead atoms. The summed E-state index contributed by atoms with van der Waals surface area (Å²) in [6.07, 6.45) is 1.07. The van der Waals surface area contributed by atoms with E-state index in [1.807, 2.05) is 20.8 Å². The molecule has 0 aromatic carbocycles. The van der Waals surface area contributed by atoms with E-state index in [9.17, 15) is 9.59 Å². The van der Waals surface area contributed by atoms with E-state index in [1.165, 1.54) is 0 Å². The second-order valence-electron chi connectivity index (χ2n) is 5.67. The van der Waals surface area contributed by atoms with Gasteiger partial charge in [0.05, 0.1) is 0 Å². The van der Waals surface area contributed by atoms with E-state index in [1.54, 1.807) is 11.8 Å². The van der Waals surface area contributed by atoms with Crippen molar-refractivity contribution >= 4 is 11.8 Å². The largest absolute Gasteiger partial charge is 0.343 e. The van der Waals surface area contributed by atoms with Crippen LogP contribution in [0, 0.1) is 12.8 Å². The molecule has 1 saturated heterocycles. The summed E-state index contributed by atoms with van der Waals surface area (Å²) in [5.74, 6) is 0.997. The zero-order valence-corrected chi connectivity index (χ0v) is 12.9. The molecule has 2 amide bonds. The van der Waals surface area contributed by atoms with Gasteiger partial charge in [0.15, 0.2) is 5.82 Å². The van der Waals surface area contributed by atoms with Crippen molar-refractivity contribution in [3.8, 4) is 0 Å². The van der Waals surface area contributed by atoms with Gasteiger partial charge in [0.25, 0.3) is 0 Å². The van der Waals surface area contributed by atoms with Crippen molar-refractivity contribution in [1.29, 1.82) is 0 Å². The summed E-state index contributed by atoms with van der Waals surface area (Å²) < 4.78 is 4.93. The van der Waals surface area contributed by atoms with Crippen LogP contribution < -0.4 is 5.32 Å². The molecule has 0 aliphatic carbocycles. The van der Waals surface area contributed by atoms with Gasteiger partial charge in [-0.05, 0) is 12.3 Å². The van der Waals surface area contributed by atoms with Gasteiger partial charge in [0.2, 0.25) is 17.7 Å². The number of aromatic nitrogens is 2. The predicted molar refractivity (Wildman–Crippen MR) is 75.3 cm³/mol. The van der Waals surface area contributed by atoms with Crippen molar-refractivity contribution in [3.63, 3.8) is 0 Å². The summed E-state index contributed by atoms with van der Waals surface area (Å²) in [6, 6.07) is -0.868. The second kappa shape index (κ2) is 6.24. The first kappa shape index (κ1) is 15.5. The number of carbonyl (C=O) groups is 2. The highest BCUT2D eigenvalue weighted by atomic mass is 16.5. The van der Waals surface area contributed by atoms with Gasteiger partial charge in [0.1, 0.15) is 12.1 Å². The number of rotatable bonds is 5. The lowest BCUT2D eigenvalue weighted by molar-refractivity contribution is -0.151. The Hall–Kier alpha value is -1.92. The molecule has 1 aromatic heterocycles. The quantitative estimate of drug-likeness (QED) is 0.863. The molecule has 21 heavy (non-hydrogen) atoms. The van der Waals surface area contributed by atoms with Crippen LogP contribution >= 0.6 is 0 Å². The average molecular weight is 294 g/mol. The predicted octanol–water partition coefficient (Wildman–Crippen LogP) is 0.682. The zero-order chi connectivity index (χ0) is 15.6. The summed E-state index contributed by atoms with van der Waals surface area (Å²) in [4.78, 5) is 30.5. The third-order valence-electron chi connectivity index (χ3n) is 3.69. The van der Waals surface area contributed by atoms with Crippen molar-refractivity contribution in [3.05, 3.63) is 11.7 Å². The molecule has 0 saturated carbocycles. The number of hydrogen-bond acceptors (Lipinski definition) is 5. The molecule has 1 aliphatic rings. The molecular formula is C14H22N4O3. The Morgan fingerprint density at radius 1 is 1.38 bits per heavy atom. The lowest BCUT2D eigenvalue weighted by Crippen LogP contribution is -2.64. The molecule has 7 nitrogen and oxygen atoms in total. The first-order valence-electron chi connectivity index (χ1n) is 7.34.